The Morgan fingerprint density at radius 1 is 1.37 bits per heavy atom. The van der Waals surface area contributed by atoms with Gasteiger partial charge in [-0.3, -0.25) is 14.9 Å². The molecule has 102 valence electrons. The van der Waals surface area contributed by atoms with E-state index < -0.39 is 0 Å². The van der Waals surface area contributed by atoms with Crippen LogP contribution in [0.15, 0.2) is 11.0 Å². The zero-order valence-electron chi connectivity index (χ0n) is 11.6. The van der Waals surface area contributed by atoms with Crippen LogP contribution in [0.25, 0.3) is 6.08 Å². The predicted molar refractivity (Wildman–Crippen MR) is 77.9 cm³/mol. The lowest BCUT2D eigenvalue weighted by Gasteiger charge is -2.11. The number of hydrogen-bond acceptors (Lipinski definition) is 3. The molecule has 0 spiro atoms. The van der Waals surface area contributed by atoms with Crippen LogP contribution >= 0.6 is 11.8 Å². The normalized spacial score (nSPS) is 17.6. The Bertz CT molecular complexity index is 570. The summed E-state index contributed by atoms with van der Waals surface area (Å²) in [6, 6.07) is 2.06. The van der Waals surface area contributed by atoms with Crippen LogP contribution in [0, 0.1) is 19.8 Å². The number of carbonyl (C=O) groups is 2. The summed E-state index contributed by atoms with van der Waals surface area (Å²) in [7, 11) is 0. The molecule has 19 heavy (non-hydrogen) atoms. The smallest absolute Gasteiger partial charge is 0.290 e. The van der Waals surface area contributed by atoms with Crippen LogP contribution in [-0.4, -0.2) is 15.7 Å². The van der Waals surface area contributed by atoms with Crippen molar-refractivity contribution in [1.29, 1.82) is 0 Å². The van der Waals surface area contributed by atoms with Crippen LogP contribution in [-0.2, 0) is 11.3 Å². The molecule has 0 bridgehead atoms. The van der Waals surface area contributed by atoms with Crippen LogP contribution < -0.4 is 5.32 Å². The van der Waals surface area contributed by atoms with E-state index >= 15 is 0 Å². The van der Waals surface area contributed by atoms with E-state index in [1.165, 1.54) is 5.69 Å². The molecule has 0 aliphatic carbocycles. The number of thioether (sulfide) groups is 1. The molecule has 1 N–H and O–H groups in total. The van der Waals surface area contributed by atoms with Crippen molar-refractivity contribution in [2.24, 2.45) is 5.92 Å². The van der Waals surface area contributed by atoms with Gasteiger partial charge in [0.2, 0.25) is 0 Å². The predicted octanol–water partition coefficient (Wildman–Crippen LogP) is 3.08. The van der Waals surface area contributed by atoms with Crippen molar-refractivity contribution >= 4 is 29.0 Å². The van der Waals surface area contributed by atoms with Gasteiger partial charge in [0.25, 0.3) is 11.1 Å². The first kappa shape index (κ1) is 13.9. The van der Waals surface area contributed by atoms with Crippen LogP contribution in [0.3, 0.4) is 0 Å². The third kappa shape index (κ3) is 2.92. The zero-order valence-corrected chi connectivity index (χ0v) is 12.4. The van der Waals surface area contributed by atoms with Crippen LogP contribution in [0.2, 0.25) is 0 Å². The Morgan fingerprint density at radius 2 is 2.05 bits per heavy atom. The van der Waals surface area contributed by atoms with Crippen LogP contribution in [0.1, 0.15) is 30.8 Å². The first-order chi connectivity index (χ1) is 8.88. The Hall–Kier alpha value is -1.49. The van der Waals surface area contributed by atoms with E-state index in [0.29, 0.717) is 10.8 Å². The van der Waals surface area contributed by atoms with Gasteiger partial charge >= 0.3 is 0 Å². The summed E-state index contributed by atoms with van der Waals surface area (Å²) in [6.07, 6.45) is 1.80. The summed E-state index contributed by atoms with van der Waals surface area (Å²) in [5, 5.41) is 1.97. The topological polar surface area (TPSA) is 51.1 Å². The van der Waals surface area contributed by atoms with Crippen molar-refractivity contribution in [3.8, 4) is 0 Å². The molecule has 0 unspecified atom stereocenters. The minimum atomic E-state index is -0.302. The molecule has 1 aromatic rings. The zero-order chi connectivity index (χ0) is 14.2. The maximum absolute atomic E-state index is 11.5. The van der Waals surface area contributed by atoms with Gasteiger partial charge < -0.3 is 4.57 Å². The van der Waals surface area contributed by atoms with E-state index in [-0.39, 0.29) is 11.1 Å². The number of aromatic nitrogens is 1. The highest BCUT2D eigenvalue weighted by atomic mass is 32.2. The molecule has 0 radical (unpaired) electrons. The number of rotatable bonds is 3. The highest BCUT2D eigenvalue weighted by molar-refractivity contribution is 8.18. The van der Waals surface area contributed by atoms with Gasteiger partial charge in [0, 0.05) is 17.9 Å². The summed E-state index contributed by atoms with van der Waals surface area (Å²) in [6.45, 7) is 9.41. The second kappa shape index (κ2) is 5.25. The quantitative estimate of drug-likeness (QED) is 0.864. The van der Waals surface area contributed by atoms with Gasteiger partial charge in [0.05, 0.1) is 4.91 Å². The molecule has 2 rings (SSSR count). The Balaban J connectivity index is 2.34. The summed E-state index contributed by atoms with van der Waals surface area (Å²) in [5.41, 5.74) is 3.31. The maximum atomic E-state index is 11.5. The molecule has 1 saturated heterocycles. The monoisotopic (exact) mass is 278 g/mol. The lowest BCUT2D eigenvalue weighted by atomic mass is 10.2. The fourth-order valence-electron chi connectivity index (χ4n) is 2.18. The summed E-state index contributed by atoms with van der Waals surface area (Å²) >= 11 is 0.958. The molecule has 2 heterocycles. The number of nitrogens with one attached hydrogen (secondary N) is 1. The molecule has 5 heteroatoms. The van der Waals surface area contributed by atoms with E-state index in [4.69, 9.17) is 0 Å². The van der Waals surface area contributed by atoms with E-state index in [0.717, 1.165) is 29.6 Å². The average Bonchev–Trinajstić information content (AvgIpc) is 2.74. The number of carbonyl (C=O) groups excluding carboxylic acids is 2. The van der Waals surface area contributed by atoms with Crippen molar-refractivity contribution in [3.05, 3.63) is 27.9 Å². The molecule has 1 aromatic heterocycles. The van der Waals surface area contributed by atoms with Crippen molar-refractivity contribution in [1.82, 2.24) is 9.88 Å². The molecule has 0 atom stereocenters. The second-order valence-electron chi connectivity index (χ2n) is 5.18. The SMILES string of the molecule is Cc1cc(/C=C2\SC(=O)NC2=O)c(C)n1CC(C)C. The van der Waals surface area contributed by atoms with Crippen molar-refractivity contribution in [3.63, 3.8) is 0 Å². The first-order valence-electron chi connectivity index (χ1n) is 6.30. The molecule has 1 aliphatic heterocycles. The highest BCUT2D eigenvalue weighted by Gasteiger charge is 2.25. The number of nitrogens with zero attached hydrogens (tertiary/aromatic N) is 1. The second-order valence-corrected chi connectivity index (χ2v) is 6.20. The van der Waals surface area contributed by atoms with Gasteiger partial charge in [-0.1, -0.05) is 13.8 Å². The van der Waals surface area contributed by atoms with Crippen molar-refractivity contribution in [2.45, 2.75) is 34.2 Å². The Kier molecular flexibility index (Phi) is 3.85. The Labute approximate surface area is 117 Å². The number of aryl methyl sites for hydroxylation is 1. The van der Waals surface area contributed by atoms with Crippen molar-refractivity contribution in [2.75, 3.05) is 0 Å². The highest BCUT2D eigenvalue weighted by Crippen LogP contribution is 2.28. The van der Waals surface area contributed by atoms with Crippen LogP contribution in [0.5, 0.6) is 0 Å². The lowest BCUT2D eigenvalue weighted by molar-refractivity contribution is -0.115. The molecular formula is C14H18N2O2S. The third-order valence-electron chi connectivity index (χ3n) is 3.09. The minimum Gasteiger partial charge on any atom is -0.348 e. The van der Waals surface area contributed by atoms with E-state index in [1.54, 1.807) is 6.08 Å². The van der Waals surface area contributed by atoms with E-state index in [2.05, 4.69) is 36.7 Å². The molecule has 1 fully saturated rings. The Morgan fingerprint density at radius 3 is 2.58 bits per heavy atom. The van der Waals surface area contributed by atoms with Gasteiger partial charge in [0.15, 0.2) is 0 Å². The lowest BCUT2D eigenvalue weighted by Crippen LogP contribution is -2.17. The van der Waals surface area contributed by atoms with Crippen LogP contribution in [0.4, 0.5) is 4.79 Å². The minimum absolute atomic E-state index is 0.299. The number of imide groups is 1. The average molecular weight is 278 g/mol. The van der Waals surface area contributed by atoms with Crippen molar-refractivity contribution < 1.29 is 9.59 Å². The van der Waals surface area contributed by atoms with Gasteiger partial charge in [-0.25, -0.2) is 0 Å². The molecule has 0 saturated carbocycles. The largest absolute Gasteiger partial charge is 0.348 e. The molecular weight excluding hydrogens is 260 g/mol. The molecule has 0 aromatic carbocycles. The molecule has 4 nitrogen and oxygen atoms in total. The summed E-state index contributed by atoms with van der Waals surface area (Å²) in [4.78, 5) is 23.2. The van der Waals surface area contributed by atoms with Gasteiger partial charge in [-0.2, -0.15) is 0 Å². The van der Waals surface area contributed by atoms with Gasteiger partial charge in [-0.15, -0.1) is 0 Å². The van der Waals surface area contributed by atoms with E-state index in [1.807, 2.05) is 6.92 Å². The summed E-state index contributed by atoms with van der Waals surface area (Å²) in [5.74, 6) is 0.264. The fraction of sp³-hybridized carbons (Fsp3) is 0.429. The molecule has 1 aliphatic rings. The summed E-state index contributed by atoms with van der Waals surface area (Å²) < 4.78 is 2.25. The van der Waals surface area contributed by atoms with E-state index in [9.17, 15) is 9.59 Å². The number of amides is 2. The standard InChI is InChI=1S/C14H18N2O2S/c1-8(2)7-16-9(3)5-11(10(16)4)6-12-13(17)15-14(18)19-12/h5-6,8H,7H2,1-4H3,(H,15,17,18)/b12-6-. The molecule has 2 amide bonds. The van der Waals surface area contributed by atoms with Gasteiger partial charge in [0.1, 0.15) is 0 Å². The first-order valence-corrected chi connectivity index (χ1v) is 7.11. The fourth-order valence-corrected chi connectivity index (χ4v) is 2.86. The number of hydrogen-bond donors (Lipinski definition) is 1. The third-order valence-corrected chi connectivity index (χ3v) is 3.90. The maximum Gasteiger partial charge on any atom is 0.290 e. The van der Waals surface area contributed by atoms with Gasteiger partial charge in [-0.05, 0) is 49.2 Å².